The minimum absolute atomic E-state index is 0.0222. The monoisotopic (exact) mass is 236 g/mol. The molecule has 0 aromatic carbocycles. The van der Waals surface area contributed by atoms with Crippen molar-refractivity contribution >= 4 is 0 Å². The van der Waals surface area contributed by atoms with Crippen molar-refractivity contribution < 1.29 is 5.11 Å². The van der Waals surface area contributed by atoms with Crippen molar-refractivity contribution in [1.82, 2.24) is 0 Å². The topological polar surface area (TPSA) is 20.2 Å². The summed E-state index contributed by atoms with van der Waals surface area (Å²) in [6.45, 7) is 15.3. The number of aliphatic hydroxyl groups is 1. The predicted octanol–water partition coefficient (Wildman–Crippen LogP) is 5.25. The lowest BCUT2D eigenvalue weighted by Crippen LogP contribution is -2.24. The summed E-state index contributed by atoms with van der Waals surface area (Å²) in [6, 6.07) is 0. The molecule has 1 nitrogen and oxygen atoms in total. The van der Waals surface area contributed by atoms with Gasteiger partial charge in [-0.1, -0.05) is 54.5 Å². The summed E-state index contributed by atoms with van der Waals surface area (Å²) in [7, 11) is 0. The third-order valence-electron chi connectivity index (χ3n) is 3.65. The first-order valence-electron chi connectivity index (χ1n) is 6.72. The van der Waals surface area contributed by atoms with Gasteiger partial charge in [0.1, 0.15) is 5.76 Å². The summed E-state index contributed by atoms with van der Waals surface area (Å²) in [5.74, 6) is 1.13. The quantitative estimate of drug-likeness (QED) is 0.659. The molecule has 1 heteroatoms. The third-order valence-corrected chi connectivity index (χ3v) is 3.65. The molecule has 17 heavy (non-hydrogen) atoms. The molecule has 0 aromatic heterocycles. The van der Waals surface area contributed by atoms with Crippen molar-refractivity contribution in [3.8, 4) is 0 Å². The van der Waals surface area contributed by atoms with E-state index in [4.69, 9.17) is 0 Å². The number of hydrogen-bond donors (Lipinski definition) is 1. The van der Waals surface area contributed by atoms with Crippen LogP contribution in [0.15, 0.2) is 23.0 Å². The molecule has 0 fully saturated rings. The van der Waals surface area contributed by atoms with E-state index in [0.717, 1.165) is 18.4 Å². The fraction of sp³-hybridized carbons (Fsp3) is 0.750. The van der Waals surface area contributed by atoms with Gasteiger partial charge in [0.2, 0.25) is 0 Å². The normalized spacial score (nSPS) is 22.8. The molecule has 1 atom stereocenters. The highest BCUT2D eigenvalue weighted by molar-refractivity contribution is 5.40. The molecule has 0 amide bonds. The van der Waals surface area contributed by atoms with Crippen LogP contribution in [0, 0.1) is 16.7 Å². The van der Waals surface area contributed by atoms with Crippen LogP contribution < -0.4 is 0 Å². The summed E-state index contributed by atoms with van der Waals surface area (Å²) < 4.78 is 0. The molecule has 1 aliphatic rings. The van der Waals surface area contributed by atoms with Crippen LogP contribution in [-0.2, 0) is 0 Å². The van der Waals surface area contributed by atoms with Crippen molar-refractivity contribution in [2.75, 3.05) is 0 Å². The second kappa shape index (κ2) is 4.51. The smallest absolute Gasteiger partial charge is 0.118 e. The maximum atomic E-state index is 10.5. The molecule has 98 valence electrons. The number of hydrogen-bond acceptors (Lipinski definition) is 1. The molecule has 0 heterocycles. The van der Waals surface area contributed by atoms with Crippen molar-refractivity contribution in [2.24, 2.45) is 16.7 Å². The van der Waals surface area contributed by atoms with E-state index in [1.165, 1.54) is 5.57 Å². The van der Waals surface area contributed by atoms with E-state index in [0.29, 0.717) is 11.7 Å². The Bertz CT molecular complexity index is 345. The molecule has 0 saturated heterocycles. The highest BCUT2D eigenvalue weighted by Gasteiger charge is 2.32. The first kappa shape index (κ1) is 14.3. The molecule has 0 radical (unpaired) electrons. The van der Waals surface area contributed by atoms with Crippen LogP contribution in [0.4, 0.5) is 0 Å². The van der Waals surface area contributed by atoms with E-state index in [2.05, 4.69) is 54.5 Å². The lowest BCUT2D eigenvalue weighted by molar-refractivity contribution is 0.324. The van der Waals surface area contributed by atoms with Crippen molar-refractivity contribution in [3.05, 3.63) is 23.0 Å². The first-order valence-corrected chi connectivity index (χ1v) is 6.72. The first-order chi connectivity index (χ1) is 7.57. The van der Waals surface area contributed by atoms with Crippen LogP contribution in [0.25, 0.3) is 0 Å². The zero-order chi connectivity index (χ0) is 13.4. The Labute approximate surface area is 107 Å². The molecule has 0 spiro atoms. The van der Waals surface area contributed by atoms with Crippen molar-refractivity contribution in [3.63, 3.8) is 0 Å². The molecule has 1 unspecified atom stereocenters. The fourth-order valence-corrected chi connectivity index (χ4v) is 2.42. The largest absolute Gasteiger partial charge is 0.508 e. The van der Waals surface area contributed by atoms with Crippen LogP contribution in [-0.4, -0.2) is 5.11 Å². The summed E-state index contributed by atoms with van der Waals surface area (Å²) in [4.78, 5) is 0. The van der Waals surface area contributed by atoms with Crippen LogP contribution in [0.1, 0.15) is 61.3 Å². The van der Waals surface area contributed by atoms with Crippen molar-refractivity contribution in [2.45, 2.75) is 61.3 Å². The SMILES string of the molecule is CCC1C=C(C(C)(C)C)C(O)=C(C(C)(C)C)C1. The van der Waals surface area contributed by atoms with E-state index in [1.807, 2.05) is 0 Å². The lowest BCUT2D eigenvalue weighted by Gasteiger charge is -2.35. The zero-order valence-electron chi connectivity index (χ0n) is 12.5. The minimum Gasteiger partial charge on any atom is -0.508 e. The van der Waals surface area contributed by atoms with E-state index >= 15 is 0 Å². The van der Waals surface area contributed by atoms with Gasteiger partial charge < -0.3 is 5.11 Å². The Hall–Kier alpha value is -0.720. The van der Waals surface area contributed by atoms with Gasteiger partial charge in [0.25, 0.3) is 0 Å². The van der Waals surface area contributed by atoms with Gasteiger partial charge in [-0.25, -0.2) is 0 Å². The standard InChI is InChI=1S/C16H28O/c1-8-11-9-12(15(2,3)4)14(17)13(10-11)16(5,6)7/h9,11,17H,8,10H2,1-7H3. The van der Waals surface area contributed by atoms with Crippen LogP contribution in [0.5, 0.6) is 0 Å². The van der Waals surface area contributed by atoms with Gasteiger partial charge in [-0.15, -0.1) is 0 Å². The predicted molar refractivity (Wildman–Crippen MR) is 75.0 cm³/mol. The van der Waals surface area contributed by atoms with Crippen molar-refractivity contribution in [1.29, 1.82) is 0 Å². The van der Waals surface area contributed by atoms with Gasteiger partial charge >= 0.3 is 0 Å². The number of rotatable bonds is 1. The fourth-order valence-electron chi connectivity index (χ4n) is 2.42. The average molecular weight is 236 g/mol. The van der Waals surface area contributed by atoms with Gasteiger partial charge in [0.15, 0.2) is 0 Å². The van der Waals surface area contributed by atoms with Gasteiger partial charge in [0, 0.05) is 0 Å². The maximum Gasteiger partial charge on any atom is 0.118 e. The molecule has 0 bridgehead atoms. The van der Waals surface area contributed by atoms with E-state index < -0.39 is 0 Å². The third kappa shape index (κ3) is 3.14. The summed E-state index contributed by atoms with van der Waals surface area (Å²) in [6.07, 6.45) is 4.43. The Kier molecular flexibility index (Phi) is 3.81. The molecule has 1 aliphatic carbocycles. The highest BCUT2D eigenvalue weighted by atomic mass is 16.3. The summed E-state index contributed by atoms with van der Waals surface area (Å²) in [5.41, 5.74) is 2.42. The van der Waals surface area contributed by atoms with Crippen LogP contribution in [0.2, 0.25) is 0 Å². The molecular formula is C16H28O. The van der Waals surface area contributed by atoms with E-state index in [-0.39, 0.29) is 10.8 Å². The van der Waals surface area contributed by atoms with E-state index in [9.17, 15) is 5.11 Å². The Morgan fingerprint density at radius 3 is 2.00 bits per heavy atom. The zero-order valence-corrected chi connectivity index (χ0v) is 12.5. The molecular weight excluding hydrogens is 208 g/mol. The summed E-state index contributed by atoms with van der Waals surface area (Å²) >= 11 is 0. The average Bonchev–Trinajstić information content (AvgIpc) is 2.14. The minimum atomic E-state index is 0.0222. The van der Waals surface area contributed by atoms with E-state index in [1.54, 1.807) is 0 Å². The van der Waals surface area contributed by atoms with Crippen LogP contribution >= 0.6 is 0 Å². The molecule has 1 N–H and O–H groups in total. The summed E-state index contributed by atoms with van der Waals surface area (Å²) in [5, 5.41) is 10.5. The van der Waals surface area contributed by atoms with Gasteiger partial charge in [-0.3, -0.25) is 0 Å². The van der Waals surface area contributed by atoms with Gasteiger partial charge in [-0.05, 0) is 40.7 Å². The second-order valence-corrected chi connectivity index (χ2v) is 7.28. The Morgan fingerprint density at radius 1 is 1.12 bits per heavy atom. The number of allylic oxidation sites excluding steroid dienone is 3. The molecule has 0 saturated carbocycles. The number of aliphatic hydroxyl groups excluding tert-OH is 1. The van der Waals surface area contributed by atoms with Gasteiger partial charge in [-0.2, -0.15) is 0 Å². The Morgan fingerprint density at radius 2 is 1.65 bits per heavy atom. The maximum absolute atomic E-state index is 10.5. The van der Waals surface area contributed by atoms with Crippen LogP contribution in [0.3, 0.4) is 0 Å². The molecule has 0 aromatic rings. The van der Waals surface area contributed by atoms with Gasteiger partial charge in [0.05, 0.1) is 0 Å². The molecule has 1 rings (SSSR count). The lowest BCUT2D eigenvalue weighted by atomic mass is 9.71. The second-order valence-electron chi connectivity index (χ2n) is 7.28. The highest BCUT2D eigenvalue weighted by Crippen LogP contribution is 2.44. The molecule has 0 aliphatic heterocycles. The Balaban J connectivity index is 3.27.